The molecule has 16 heavy (non-hydrogen) atoms. The molecular formula is C12H13ClN2S. The summed E-state index contributed by atoms with van der Waals surface area (Å²) in [5.74, 6) is 0. The maximum absolute atomic E-state index is 5.82. The molecule has 0 amide bonds. The zero-order chi connectivity index (χ0) is 11.4. The minimum absolute atomic E-state index is 0.242. The molecule has 0 aliphatic heterocycles. The lowest BCUT2D eigenvalue weighted by Gasteiger charge is -2.14. The largest absolute Gasteiger partial charge is 0.311 e. The third-order valence-corrected chi connectivity index (χ3v) is 3.43. The van der Waals surface area contributed by atoms with Crippen molar-refractivity contribution in [1.29, 1.82) is 0 Å². The highest BCUT2D eigenvalue weighted by molar-refractivity contribution is 7.07. The number of halogens is 1. The maximum Gasteiger partial charge on any atom is 0.0589 e. The number of likely N-dealkylation sites (N-methyl/N-ethyl adjacent to an activating group) is 1. The van der Waals surface area contributed by atoms with E-state index in [0.29, 0.717) is 5.02 Å². The van der Waals surface area contributed by atoms with Crippen LogP contribution in [0.1, 0.15) is 17.3 Å². The number of nitrogens with one attached hydrogen (secondary N) is 1. The Bertz CT molecular complexity index is 425. The first-order valence-corrected chi connectivity index (χ1v) is 6.41. The molecule has 1 atom stereocenters. The first-order valence-electron chi connectivity index (χ1n) is 5.09. The molecule has 0 radical (unpaired) electrons. The van der Waals surface area contributed by atoms with E-state index in [1.54, 1.807) is 17.5 Å². The summed E-state index contributed by atoms with van der Waals surface area (Å²) >= 11 is 7.54. The first-order chi connectivity index (χ1) is 7.79. The van der Waals surface area contributed by atoms with Gasteiger partial charge >= 0.3 is 0 Å². The number of thiophene rings is 1. The minimum Gasteiger partial charge on any atom is -0.311 e. The predicted molar refractivity (Wildman–Crippen MR) is 69.1 cm³/mol. The van der Waals surface area contributed by atoms with Crippen molar-refractivity contribution in [2.75, 3.05) is 7.05 Å². The number of pyridine rings is 1. The van der Waals surface area contributed by atoms with Gasteiger partial charge in [0.2, 0.25) is 0 Å². The molecule has 0 saturated carbocycles. The number of hydrogen-bond acceptors (Lipinski definition) is 3. The van der Waals surface area contributed by atoms with Gasteiger partial charge in [-0.25, -0.2) is 0 Å². The molecule has 4 heteroatoms. The summed E-state index contributed by atoms with van der Waals surface area (Å²) in [6.07, 6.45) is 2.64. The molecule has 0 bridgehead atoms. The number of hydrogen-bond donors (Lipinski definition) is 1. The highest BCUT2D eigenvalue weighted by atomic mass is 35.5. The van der Waals surface area contributed by atoms with Crippen LogP contribution < -0.4 is 5.32 Å². The fourth-order valence-electron chi connectivity index (χ4n) is 1.59. The van der Waals surface area contributed by atoms with E-state index >= 15 is 0 Å². The summed E-state index contributed by atoms with van der Waals surface area (Å²) in [6.45, 7) is 0. The summed E-state index contributed by atoms with van der Waals surface area (Å²) in [7, 11) is 1.95. The van der Waals surface area contributed by atoms with Gasteiger partial charge in [-0.15, -0.1) is 0 Å². The number of rotatable bonds is 4. The Morgan fingerprint density at radius 1 is 1.44 bits per heavy atom. The Labute approximate surface area is 104 Å². The lowest BCUT2D eigenvalue weighted by atomic mass is 10.1. The van der Waals surface area contributed by atoms with Gasteiger partial charge in [-0.2, -0.15) is 11.3 Å². The smallest absolute Gasteiger partial charge is 0.0589 e. The summed E-state index contributed by atoms with van der Waals surface area (Å²) < 4.78 is 0. The molecule has 2 aromatic heterocycles. The first kappa shape index (κ1) is 11.6. The van der Waals surface area contributed by atoms with Crippen molar-refractivity contribution < 1.29 is 0 Å². The van der Waals surface area contributed by atoms with Crippen LogP contribution in [0.2, 0.25) is 5.02 Å². The molecule has 2 aromatic rings. The van der Waals surface area contributed by atoms with Crippen molar-refractivity contribution in [3.05, 3.63) is 51.4 Å². The van der Waals surface area contributed by atoms with Gasteiger partial charge < -0.3 is 5.32 Å². The molecule has 0 saturated heterocycles. The highest BCUT2D eigenvalue weighted by Gasteiger charge is 2.11. The molecule has 0 fully saturated rings. The Balaban J connectivity index is 2.13. The second kappa shape index (κ2) is 5.43. The van der Waals surface area contributed by atoms with E-state index in [4.69, 9.17) is 11.6 Å². The quantitative estimate of drug-likeness (QED) is 0.903. The molecule has 1 unspecified atom stereocenters. The summed E-state index contributed by atoms with van der Waals surface area (Å²) in [6, 6.07) is 6.23. The molecule has 0 aliphatic carbocycles. The molecule has 2 heterocycles. The minimum atomic E-state index is 0.242. The monoisotopic (exact) mass is 252 g/mol. The van der Waals surface area contributed by atoms with Crippen molar-refractivity contribution in [3.8, 4) is 0 Å². The molecule has 0 aliphatic rings. The second-order valence-corrected chi connectivity index (χ2v) is 4.79. The molecule has 84 valence electrons. The van der Waals surface area contributed by atoms with Gasteiger partial charge in [0.05, 0.1) is 16.8 Å². The van der Waals surface area contributed by atoms with E-state index in [-0.39, 0.29) is 6.04 Å². The molecule has 0 aromatic carbocycles. The number of nitrogens with zero attached hydrogens (tertiary/aromatic N) is 1. The predicted octanol–water partition coefficient (Wildman–Crippen LogP) is 3.30. The summed E-state index contributed by atoms with van der Waals surface area (Å²) in [5, 5.41) is 8.21. The van der Waals surface area contributed by atoms with E-state index < -0.39 is 0 Å². The van der Waals surface area contributed by atoms with Gasteiger partial charge in [0.1, 0.15) is 0 Å². The molecule has 2 nitrogen and oxygen atoms in total. The fraction of sp³-hybridized carbons (Fsp3) is 0.250. The summed E-state index contributed by atoms with van der Waals surface area (Å²) in [4.78, 5) is 4.34. The third kappa shape index (κ3) is 2.82. The van der Waals surface area contributed by atoms with E-state index in [0.717, 1.165) is 12.1 Å². The van der Waals surface area contributed by atoms with E-state index in [1.807, 2.05) is 19.2 Å². The fourth-order valence-corrected chi connectivity index (χ4v) is 2.39. The van der Waals surface area contributed by atoms with E-state index in [1.165, 1.54) is 5.56 Å². The van der Waals surface area contributed by atoms with Crippen LogP contribution in [0, 0.1) is 0 Å². The lowest BCUT2D eigenvalue weighted by Crippen LogP contribution is -2.19. The van der Waals surface area contributed by atoms with Crippen molar-refractivity contribution >= 4 is 22.9 Å². The highest BCUT2D eigenvalue weighted by Crippen LogP contribution is 2.19. The van der Waals surface area contributed by atoms with Crippen LogP contribution in [-0.2, 0) is 6.42 Å². The van der Waals surface area contributed by atoms with Crippen LogP contribution in [0.25, 0.3) is 0 Å². The number of aromatic nitrogens is 1. The topological polar surface area (TPSA) is 24.9 Å². The zero-order valence-corrected chi connectivity index (χ0v) is 10.6. The SMILES string of the molecule is CNC(Cc1ccsc1)c1ccc(Cl)cn1. The zero-order valence-electron chi connectivity index (χ0n) is 8.98. The van der Waals surface area contributed by atoms with Crippen LogP contribution in [0.15, 0.2) is 35.2 Å². The van der Waals surface area contributed by atoms with Gasteiger partial charge in [0.15, 0.2) is 0 Å². The van der Waals surface area contributed by atoms with Crippen molar-refractivity contribution in [3.63, 3.8) is 0 Å². The van der Waals surface area contributed by atoms with Gasteiger partial charge in [-0.05, 0) is 48.0 Å². The molecular weight excluding hydrogens is 240 g/mol. The Hall–Kier alpha value is -0.900. The lowest BCUT2D eigenvalue weighted by molar-refractivity contribution is 0.577. The van der Waals surface area contributed by atoms with Crippen molar-refractivity contribution in [1.82, 2.24) is 10.3 Å². The van der Waals surface area contributed by atoms with Gasteiger partial charge in [0, 0.05) is 6.20 Å². The van der Waals surface area contributed by atoms with Crippen molar-refractivity contribution in [2.24, 2.45) is 0 Å². The third-order valence-electron chi connectivity index (χ3n) is 2.48. The molecule has 1 N–H and O–H groups in total. The van der Waals surface area contributed by atoms with Crippen LogP contribution in [0.3, 0.4) is 0 Å². The Kier molecular flexibility index (Phi) is 3.93. The Morgan fingerprint density at radius 3 is 2.88 bits per heavy atom. The summed E-state index contributed by atoms with van der Waals surface area (Å²) in [5.41, 5.74) is 2.36. The average molecular weight is 253 g/mol. The van der Waals surface area contributed by atoms with Gasteiger partial charge in [-0.1, -0.05) is 11.6 Å². The van der Waals surface area contributed by atoms with Crippen LogP contribution >= 0.6 is 22.9 Å². The normalized spacial score (nSPS) is 12.6. The average Bonchev–Trinajstić information content (AvgIpc) is 2.80. The van der Waals surface area contributed by atoms with Crippen LogP contribution in [0.5, 0.6) is 0 Å². The molecule has 0 spiro atoms. The van der Waals surface area contributed by atoms with Crippen LogP contribution in [-0.4, -0.2) is 12.0 Å². The van der Waals surface area contributed by atoms with E-state index in [2.05, 4.69) is 27.1 Å². The van der Waals surface area contributed by atoms with Gasteiger partial charge in [0.25, 0.3) is 0 Å². The van der Waals surface area contributed by atoms with E-state index in [9.17, 15) is 0 Å². The van der Waals surface area contributed by atoms with Gasteiger partial charge in [-0.3, -0.25) is 4.98 Å². The molecule has 2 rings (SSSR count). The van der Waals surface area contributed by atoms with Crippen LogP contribution in [0.4, 0.5) is 0 Å². The Morgan fingerprint density at radius 2 is 2.31 bits per heavy atom. The standard InChI is InChI=1S/C12H13ClN2S/c1-14-12(6-9-4-5-16-8-9)11-3-2-10(13)7-15-11/h2-5,7-8,12,14H,6H2,1H3. The van der Waals surface area contributed by atoms with Crippen molar-refractivity contribution in [2.45, 2.75) is 12.5 Å². The second-order valence-electron chi connectivity index (χ2n) is 3.58. The maximum atomic E-state index is 5.82.